The summed E-state index contributed by atoms with van der Waals surface area (Å²) in [5.41, 5.74) is 3.90. The molecule has 1 saturated heterocycles. The highest BCUT2D eigenvalue weighted by atomic mass is 16.5. The van der Waals surface area contributed by atoms with E-state index in [2.05, 4.69) is 12.7 Å². The van der Waals surface area contributed by atoms with Gasteiger partial charge in [0.1, 0.15) is 18.8 Å². The molecule has 0 saturated carbocycles. The van der Waals surface area contributed by atoms with Gasteiger partial charge in [-0.25, -0.2) is 0 Å². The maximum absolute atomic E-state index is 9.85. The highest BCUT2D eigenvalue weighted by molar-refractivity contribution is 4.81. The van der Waals surface area contributed by atoms with Gasteiger partial charge in [-0.3, -0.25) is 0 Å². The average Bonchev–Trinajstić information content (AvgIpc) is 2.80. The molecule has 21 heavy (non-hydrogen) atoms. The number of aliphatic hydroxyl groups is 1. The molecule has 1 rings (SSSR count). The summed E-state index contributed by atoms with van der Waals surface area (Å²) < 4.78 is 5.56. The van der Waals surface area contributed by atoms with Crippen molar-refractivity contribution in [3.63, 3.8) is 0 Å². The van der Waals surface area contributed by atoms with Crippen LogP contribution in [0.3, 0.4) is 0 Å². The number of rotatable bonds is 13. The second-order valence-corrected chi connectivity index (χ2v) is 6.80. The summed E-state index contributed by atoms with van der Waals surface area (Å²) in [6.45, 7) is 2.90. The molecule has 0 radical (unpaired) electrons. The van der Waals surface area contributed by atoms with Gasteiger partial charge < -0.3 is 15.6 Å². The average molecular weight is 301 g/mol. The molecule has 0 aliphatic carbocycles. The topological polar surface area (TPSA) is 57.1 Å². The van der Waals surface area contributed by atoms with Gasteiger partial charge in [-0.1, -0.05) is 84.0 Å². The normalized spacial score (nSPS) is 25.6. The lowest BCUT2D eigenvalue weighted by atomic mass is 10.0. The molecule has 0 spiro atoms. The Morgan fingerprint density at radius 1 is 0.857 bits per heavy atom. The molecule has 0 amide bonds. The van der Waals surface area contributed by atoms with Crippen LogP contribution in [0.1, 0.15) is 90.4 Å². The van der Waals surface area contributed by atoms with Crippen LogP contribution in [0.5, 0.6) is 0 Å². The SMILES string of the molecule is CCCCCCCCCCCCCC[C@@H]1OC[C@H]([NH3+])[C@@H]1O. The van der Waals surface area contributed by atoms with Gasteiger partial charge in [-0.2, -0.15) is 0 Å². The van der Waals surface area contributed by atoms with Gasteiger partial charge in [0.15, 0.2) is 0 Å². The third-order valence-electron chi connectivity index (χ3n) is 4.73. The van der Waals surface area contributed by atoms with Gasteiger partial charge in [0.05, 0.1) is 6.10 Å². The second-order valence-electron chi connectivity index (χ2n) is 6.80. The molecule has 1 aliphatic rings. The molecule has 1 fully saturated rings. The number of aliphatic hydroxyl groups excluding tert-OH is 1. The number of unbranched alkanes of at least 4 members (excludes halogenated alkanes) is 11. The van der Waals surface area contributed by atoms with E-state index in [0.717, 1.165) is 6.42 Å². The van der Waals surface area contributed by atoms with Crippen LogP contribution in [0.25, 0.3) is 0 Å². The Morgan fingerprint density at radius 3 is 1.76 bits per heavy atom. The monoisotopic (exact) mass is 300 g/mol. The van der Waals surface area contributed by atoms with E-state index in [1.807, 2.05) is 0 Å². The molecule has 0 aromatic heterocycles. The van der Waals surface area contributed by atoms with E-state index in [0.29, 0.717) is 6.61 Å². The molecule has 3 nitrogen and oxygen atoms in total. The van der Waals surface area contributed by atoms with E-state index in [1.165, 1.54) is 77.0 Å². The smallest absolute Gasteiger partial charge is 0.137 e. The van der Waals surface area contributed by atoms with Crippen LogP contribution in [-0.2, 0) is 4.74 Å². The van der Waals surface area contributed by atoms with E-state index in [9.17, 15) is 5.11 Å². The Labute approximate surface area is 131 Å². The third-order valence-corrected chi connectivity index (χ3v) is 4.73. The molecule has 0 bridgehead atoms. The summed E-state index contributed by atoms with van der Waals surface area (Å²) >= 11 is 0. The van der Waals surface area contributed by atoms with Crippen molar-refractivity contribution in [3.05, 3.63) is 0 Å². The Kier molecular flexibility index (Phi) is 11.2. The molecule has 0 aromatic rings. The molecular formula is C18H38NO2+. The van der Waals surface area contributed by atoms with Gasteiger partial charge in [-0.15, -0.1) is 0 Å². The van der Waals surface area contributed by atoms with Gasteiger partial charge in [0.25, 0.3) is 0 Å². The fourth-order valence-corrected chi connectivity index (χ4v) is 3.19. The summed E-state index contributed by atoms with van der Waals surface area (Å²) in [7, 11) is 0. The van der Waals surface area contributed by atoms with Crippen molar-refractivity contribution in [1.29, 1.82) is 0 Å². The zero-order chi connectivity index (χ0) is 15.3. The van der Waals surface area contributed by atoms with Crippen molar-refractivity contribution in [2.75, 3.05) is 6.61 Å². The van der Waals surface area contributed by atoms with Crippen molar-refractivity contribution < 1.29 is 15.6 Å². The first-order valence-electron chi connectivity index (χ1n) is 9.38. The molecule has 126 valence electrons. The Morgan fingerprint density at radius 2 is 1.33 bits per heavy atom. The highest BCUT2D eigenvalue weighted by Crippen LogP contribution is 2.19. The molecule has 0 aromatic carbocycles. The number of hydrogen-bond acceptors (Lipinski definition) is 2. The lowest BCUT2D eigenvalue weighted by Crippen LogP contribution is -2.66. The first-order valence-corrected chi connectivity index (χ1v) is 9.38. The van der Waals surface area contributed by atoms with Gasteiger partial charge in [0, 0.05) is 0 Å². The summed E-state index contributed by atoms with van der Waals surface area (Å²) in [6, 6.07) is 0.0762. The Balaban J connectivity index is 1.77. The quantitative estimate of drug-likeness (QED) is 0.512. The van der Waals surface area contributed by atoms with Gasteiger partial charge in [0.2, 0.25) is 0 Å². The molecule has 1 heterocycles. The van der Waals surface area contributed by atoms with Crippen molar-refractivity contribution in [2.24, 2.45) is 0 Å². The molecule has 4 N–H and O–H groups in total. The minimum atomic E-state index is -0.335. The van der Waals surface area contributed by atoms with Crippen LogP contribution < -0.4 is 5.73 Å². The molecule has 0 unspecified atom stereocenters. The van der Waals surface area contributed by atoms with E-state index in [4.69, 9.17) is 4.74 Å². The minimum absolute atomic E-state index is 0.0515. The molecule has 3 heteroatoms. The predicted octanol–water partition coefficient (Wildman–Crippen LogP) is 3.45. The van der Waals surface area contributed by atoms with Crippen molar-refractivity contribution in [3.8, 4) is 0 Å². The molecule has 3 atom stereocenters. The predicted molar refractivity (Wildman–Crippen MR) is 88.1 cm³/mol. The summed E-state index contributed by atoms with van der Waals surface area (Å²) in [5.74, 6) is 0. The van der Waals surface area contributed by atoms with E-state index < -0.39 is 0 Å². The van der Waals surface area contributed by atoms with Crippen LogP contribution in [0.15, 0.2) is 0 Å². The second kappa shape index (κ2) is 12.4. The summed E-state index contributed by atoms with van der Waals surface area (Å²) in [5, 5.41) is 9.85. The number of hydrogen-bond donors (Lipinski definition) is 2. The first-order chi connectivity index (χ1) is 10.3. The van der Waals surface area contributed by atoms with E-state index in [1.54, 1.807) is 0 Å². The Bertz CT molecular complexity index is 235. The summed E-state index contributed by atoms with van der Waals surface area (Å²) in [4.78, 5) is 0. The van der Waals surface area contributed by atoms with E-state index >= 15 is 0 Å². The number of quaternary nitrogens is 1. The lowest BCUT2D eigenvalue weighted by Gasteiger charge is -2.13. The van der Waals surface area contributed by atoms with Crippen LogP contribution in [-0.4, -0.2) is 30.0 Å². The third kappa shape index (κ3) is 8.80. The van der Waals surface area contributed by atoms with Gasteiger partial charge in [-0.05, 0) is 6.42 Å². The van der Waals surface area contributed by atoms with Crippen molar-refractivity contribution in [2.45, 2.75) is 109 Å². The largest absolute Gasteiger partial charge is 0.384 e. The lowest BCUT2D eigenvalue weighted by molar-refractivity contribution is -0.430. The Hall–Kier alpha value is -0.120. The standard InChI is InChI=1S/C18H37NO2/c1-2-3-4-5-6-7-8-9-10-11-12-13-14-17-18(20)16(19)15-21-17/h16-18,20H,2-15,19H2,1H3/p+1/t16-,17-,18-/m0/s1. The zero-order valence-electron chi connectivity index (χ0n) is 14.2. The van der Waals surface area contributed by atoms with Crippen molar-refractivity contribution in [1.82, 2.24) is 0 Å². The highest BCUT2D eigenvalue weighted by Gasteiger charge is 2.35. The molecule has 1 aliphatic heterocycles. The van der Waals surface area contributed by atoms with Crippen LogP contribution in [0.4, 0.5) is 0 Å². The van der Waals surface area contributed by atoms with Crippen LogP contribution in [0.2, 0.25) is 0 Å². The fraction of sp³-hybridized carbons (Fsp3) is 1.00. The summed E-state index contributed by atoms with van der Waals surface area (Å²) in [6.07, 6.45) is 17.2. The maximum Gasteiger partial charge on any atom is 0.137 e. The fourth-order valence-electron chi connectivity index (χ4n) is 3.19. The van der Waals surface area contributed by atoms with Crippen LogP contribution in [0, 0.1) is 0 Å². The first kappa shape index (κ1) is 18.9. The maximum atomic E-state index is 9.85. The minimum Gasteiger partial charge on any atom is -0.384 e. The number of ether oxygens (including phenoxy) is 1. The van der Waals surface area contributed by atoms with Crippen molar-refractivity contribution >= 4 is 0 Å². The molecular weight excluding hydrogens is 262 g/mol. The van der Waals surface area contributed by atoms with E-state index in [-0.39, 0.29) is 18.2 Å². The zero-order valence-corrected chi connectivity index (χ0v) is 14.2. The van der Waals surface area contributed by atoms with Gasteiger partial charge >= 0.3 is 0 Å². The van der Waals surface area contributed by atoms with Crippen LogP contribution >= 0.6 is 0 Å².